The van der Waals surface area contributed by atoms with Gasteiger partial charge in [-0.15, -0.1) is 0 Å². The van der Waals surface area contributed by atoms with Crippen molar-refractivity contribution in [1.82, 2.24) is 13.9 Å². The van der Waals surface area contributed by atoms with E-state index >= 15 is 0 Å². The van der Waals surface area contributed by atoms with Crippen LogP contribution in [-0.4, -0.2) is 60.8 Å². The van der Waals surface area contributed by atoms with Crippen LogP contribution in [0.2, 0.25) is 0 Å². The van der Waals surface area contributed by atoms with E-state index in [4.69, 9.17) is 9.47 Å². The van der Waals surface area contributed by atoms with Crippen molar-refractivity contribution in [3.05, 3.63) is 12.5 Å². The van der Waals surface area contributed by atoms with E-state index in [1.165, 1.54) is 16.8 Å². The fourth-order valence-corrected chi connectivity index (χ4v) is 4.50. The van der Waals surface area contributed by atoms with Gasteiger partial charge in [-0.1, -0.05) is 0 Å². The molecule has 0 amide bonds. The number of aryl methyl sites for hydroxylation is 1. The Morgan fingerprint density at radius 1 is 1.43 bits per heavy atom. The predicted molar refractivity (Wildman–Crippen MR) is 75.3 cm³/mol. The average molecular weight is 315 g/mol. The molecule has 1 atom stereocenters. The summed E-state index contributed by atoms with van der Waals surface area (Å²) >= 11 is 0. The Morgan fingerprint density at radius 3 is 2.67 bits per heavy atom. The zero-order chi connectivity index (χ0) is 15.1. The summed E-state index contributed by atoms with van der Waals surface area (Å²) in [6.07, 6.45) is 5.43. The SMILES string of the molecule is CO[C@@H]1COC2(CCN(S(=O)(=O)c3cn(C)cn3)CC2)C1. The predicted octanol–water partition coefficient (Wildman–Crippen LogP) is 0.379. The number of hydrogen-bond donors (Lipinski definition) is 0. The van der Waals surface area contributed by atoms with Crippen molar-refractivity contribution in [3.63, 3.8) is 0 Å². The van der Waals surface area contributed by atoms with Crippen LogP contribution >= 0.6 is 0 Å². The monoisotopic (exact) mass is 315 g/mol. The lowest BCUT2D eigenvalue weighted by Crippen LogP contribution is -2.46. The highest BCUT2D eigenvalue weighted by atomic mass is 32.2. The Labute approximate surface area is 124 Å². The molecule has 7 nitrogen and oxygen atoms in total. The zero-order valence-electron chi connectivity index (χ0n) is 12.4. The van der Waals surface area contributed by atoms with Crippen LogP contribution in [0.4, 0.5) is 0 Å². The van der Waals surface area contributed by atoms with Gasteiger partial charge in [0.15, 0.2) is 5.03 Å². The number of methoxy groups -OCH3 is 1. The van der Waals surface area contributed by atoms with Crippen molar-refractivity contribution in [2.45, 2.75) is 36.0 Å². The van der Waals surface area contributed by atoms with Crippen LogP contribution in [0.15, 0.2) is 17.6 Å². The highest BCUT2D eigenvalue weighted by Gasteiger charge is 2.45. The number of aromatic nitrogens is 2. The average Bonchev–Trinajstić information content (AvgIpc) is 3.07. The summed E-state index contributed by atoms with van der Waals surface area (Å²) in [6, 6.07) is 0. The van der Waals surface area contributed by atoms with E-state index in [0.717, 1.165) is 6.42 Å². The first-order valence-electron chi connectivity index (χ1n) is 7.10. The van der Waals surface area contributed by atoms with Gasteiger partial charge in [-0.2, -0.15) is 4.31 Å². The summed E-state index contributed by atoms with van der Waals surface area (Å²) in [5.74, 6) is 0. The third kappa shape index (κ3) is 2.73. The first-order valence-corrected chi connectivity index (χ1v) is 8.54. The number of rotatable bonds is 3. The number of imidazole rings is 1. The Morgan fingerprint density at radius 2 is 2.14 bits per heavy atom. The molecule has 1 aromatic rings. The Hall–Kier alpha value is -0.960. The van der Waals surface area contributed by atoms with Crippen molar-refractivity contribution in [1.29, 1.82) is 0 Å². The molecule has 0 N–H and O–H groups in total. The molecule has 0 aromatic carbocycles. The maximum Gasteiger partial charge on any atom is 0.262 e. The minimum absolute atomic E-state index is 0.114. The molecule has 3 rings (SSSR count). The summed E-state index contributed by atoms with van der Waals surface area (Å²) in [6.45, 7) is 1.54. The second-order valence-corrected chi connectivity index (χ2v) is 7.72. The molecule has 1 aromatic heterocycles. The second kappa shape index (κ2) is 5.35. The Kier molecular flexibility index (Phi) is 3.81. The lowest BCUT2D eigenvalue weighted by atomic mass is 9.89. The van der Waals surface area contributed by atoms with Crippen molar-refractivity contribution >= 4 is 10.0 Å². The lowest BCUT2D eigenvalue weighted by Gasteiger charge is -2.37. The van der Waals surface area contributed by atoms with Crippen molar-refractivity contribution in [2.75, 3.05) is 26.8 Å². The van der Waals surface area contributed by atoms with E-state index in [0.29, 0.717) is 32.5 Å². The molecule has 2 aliphatic rings. The molecule has 0 saturated carbocycles. The number of hydrogen-bond acceptors (Lipinski definition) is 5. The molecule has 0 bridgehead atoms. The van der Waals surface area contributed by atoms with Gasteiger partial charge in [0.2, 0.25) is 0 Å². The van der Waals surface area contributed by atoms with Gasteiger partial charge in [-0.05, 0) is 12.8 Å². The summed E-state index contributed by atoms with van der Waals surface area (Å²) in [5.41, 5.74) is -0.211. The fraction of sp³-hybridized carbons (Fsp3) is 0.769. The van der Waals surface area contributed by atoms with Crippen LogP contribution in [0.5, 0.6) is 0 Å². The van der Waals surface area contributed by atoms with Gasteiger partial charge in [0.1, 0.15) is 0 Å². The summed E-state index contributed by atoms with van der Waals surface area (Å²) < 4.78 is 39.4. The third-order valence-electron chi connectivity index (χ3n) is 4.43. The fourth-order valence-electron chi connectivity index (χ4n) is 3.09. The lowest BCUT2D eigenvalue weighted by molar-refractivity contribution is -0.0328. The normalized spacial score (nSPS) is 26.5. The molecule has 3 heterocycles. The van der Waals surface area contributed by atoms with Gasteiger partial charge in [0.25, 0.3) is 10.0 Å². The van der Waals surface area contributed by atoms with Crippen molar-refractivity contribution < 1.29 is 17.9 Å². The summed E-state index contributed by atoms with van der Waals surface area (Å²) in [4.78, 5) is 3.96. The van der Waals surface area contributed by atoms with E-state index in [2.05, 4.69) is 4.98 Å². The van der Waals surface area contributed by atoms with Crippen LogP contribution in [0.25, 0.3) is 0 Å². The minimum atomic E-state index is -3.49. The molecular weight excluding hydrogens is 294 g/mol. The van der Waals surface area contributed by atoms with Gasteiger partial charge in [0.05, 0.1) is 24.6 Å². The molecular formula is C13H21N3O4S. The first-order chi connectivity index (χ1) is 9.95. The van der Waals surface area contributed by atoms with Gasteiger partial charge < -0.3 is 14.0 Å². The standard InChI is InChI=1S/C13H21N3O4S/c1-15-8-12(14-10-15)21(17,18)16-5-3-13(4-6-16)7-11(19-2)9-20-13/h8,10-11H,3-7,9H2,1-2H3/t11-/m0/s1. The maximum atomic E-state index is 12.5. The molecule has 118 valence electrons. The molecule has 21 heavy (non-hydrogen) atoms. The van der Waals surface area contributed by atoms with E-state index in [-0.39, 0.29) is 16.7 Å². The molecule has 0 radical (unpaired) electrons. The van der Waals surface area contributed by atoms with Crippen molar-refractivity contribution in [3.8, 4) is 0 Å². The van der Waals surface area contributed by atoms with Gasteiger partial charge in [-0.25, -0.2) is 13.4 Å². The second-order valence-electron chi connectivity index (χ2n) is 5.84. The summed E-state index contributed by atoms with van der Waals surface area (Å²) in [7, 11) is -0.0453. The van der Waals surface area contributed by atoms with Crippen LogP contribution < -0.4 is 0 Å². The van der Waals surface area contributed by atoms with Crippen LogP contribution in [-0.2, 0) is 26.5 Å². The quantitative estimate of drug-likeness (QED) is 0.806. The highest BCUT2D eigenvalue weighted by Crippen LogP contribution is 2.37. The van der Waals surface area contributed by atoms with Gasteiger partial charge in [-0.3, -0.25) is 0 Å². The van der Waals surface area contributed by atoms with Crippen LogP contribution in [0, 0.1) is 0 Å². The highest BCUT2D eigenvalue weighted by molar-refractivity contribution is 7.89. The van der Waals surface area contributed by atoms with E-state index < -0.39 is 10.0 Å². The Balaban J connectivity index is 1.69. The molecule has 1 spiro atoms. The number of nitrogens with zero attached hydrogens (tertiary/aromatic N) is 3. The van der Waals surface area contributed by atoms with Gasteiger partial charge >= 0.3 is 0 Å². The van der Waals surface area contributed by atoms with Crippen molar-refractivity contribution in [2.24, 2.45) is 7.05 Å². The zero-order valence-corrected chi connectivity index (χ0v) is 13.2. The minimum Gasteiger partial charge on any atom is -0.379 e. The van der Waals surface area contributed by atoms with E-state index in [9.17, 15) is 8.42 Å². The molecule has 2 aliphatic heterocycles. The maximum absolute atomic E-state index is 12.5. The van der Waals surface area contributed by atoms with E-state index in [1.807, 2.05) is 0 Å². The number of ether oxygens (including phenoxy) is 2. The third-order valence-corrected chi connectivity index (χ3v) is 6.21. The van der Waals surface area contributed by atoms with Gasteiger partial charge in [0, 0.05) is 39.9 Å². The van der Waals surface area contributed by atoms with Crippen LogP contribution in [0.3, 0.4) is 0 Å². The molecule has 2 saturated heterocycles. The Bertz CT molecular complexity index is 605. The molecule has 8 heteroatoms. The first kappa shape index (κ1) is 15.0. The smallest absolute Gasteiger partial charge is 0.262 e. The summed E-state index contributed by atoms with van der Waals surface area (Å²) in [5, 5.41) is 0.114. The molecule has 2 fully saturated rings. The topological polar surface area (TPSA) is 73.7 Å². The number of sulfonamides is 1. The largest absolute Gasteiger partial charge is 0.379 e. The molecule has 0 aliphatic carbocycles. The molecule has 0 unspecified atom stereocenters. The van der Waals surface area contributed by atoms with Crippen LogP contribution in [0.1, 0.15) is 19.3 Å². The number of piperidine rings is 1. The van der Waals surface area contributed by atoms with E-state index in [1.54, 1.807) is 18.7 Å².